The van der Waals surface area contributed by atoms with Crippen LogP contribution in [0.15, 0.2) is 33.7 Å². The summed E-state index contributed by atoms with van der Waals surface area (Å²) in [4.78, 5) is 21.9. The molecule has 2 N–H and O–H groups in total. The van der Waals surface area contributed by atoms with Crippen molar-refractivity contribution in [3.8, 4) is 0 Å². The fourth-order valence-electron chi connectivity index (χ4n) is 4.54. The van der Waals surface area contributed by atoms with Gasteiger partial charge in [0.15, 0.2) is 5.82 Å². The van der Waals surface area contributed by atoms with Gasteiger partial charge in [-0.1, -0.05) is 0 Å². The van der Waals surface area contributed by atoms with Crippen molar-refractivity contribution in [3.63, 3.8) is 0 Å². The van der Waals surface area contributed by atoms with Crippen molar-refractivity contribution in [2.45, 2.75) is 46.2 Å². The Morgan fingerprint density at radius 1 is 1.28 bits per heavy atom. The predicted octanol–water partition coefficient (Wildman–Crippen LogP) is 5.06. The molecule has 32 heavy (non-hydrogen) atoms. The third-order valence-corrected chi connectivity index (χ3v) is 6.70. The Labute approximate surface area is 195 Å². The number of anilines is 2. The summed E-state index contributed by atoms with van der Waals surface area (Å²) in [6, 6.07) is 5.79. The second-order valence-corrected chi connectivity index (χ2v) is 9.06. The van der Waals surface area contributed by atoms with E-state index in [1.54, 1.807) is 12.3 Å². The average Bonchev–Trinajstić information content (AvgIpc) is 2.77. The Kier molecular flexibility index (Phi) is 6.81. The molecule has 0 bridgehead atoms. The molecule has 1 saturated heterocycles. The maximum Gasteiger partial charge on any atom is 0.253 e. The highest BCUT2D eigenvalue weighted by Crippen LogP contribution is 2.39. The van der Waals surface area contributed by atoms with E-state index in [2.05, 4.69) is 43.0 Å². The predicted molar refractivity (Wildman–Crippen MR) is 130 cm³/mol. The highest BCUT2D eigenvalue weighted by atomic mass is 79.9. The number of ether oxygens (including phenoxy) is 1. The standard InChI is InChI=1S/C24H28BrFN4O2/c1-4-30(16-6-9-32-10-7-16)22-17-5-8-27-23(18(17)12-20(25)21(22)26)28-13-19-14(2)11-15(3)29-24(19)31/h5,8,11-12,16H,4,6-7,9-10,13H2,1-3H3,(H,27,28)(H,29,31). The van der Waals surface area contributed by atoms with Crippen molar-refractivity contribution in [2.75, 3.05) is 30.0 Å². The SMILES string of the molecule is CCN(c1c(F)c(Br)cc2c(NCc3c(C)cc(C)[nH]c3=O)nccc12)C1CCOCC1. The maximum absolute atomic E-state index is 15.4. The Bertz CT molecular complexity index is 1190. The number of halogens is 2. The Balaban J connectivity index is 1.76. The highest BCUT2D eigenvalue weighted by Gasteiger charge is 2.26. The molecule has 3 aromatic rings. The van der Waals surface area contributed by atoms with E-state index >= 15 is 4.39 Å². The van der Waals surface area contributed by atoms with Gasteiger partial charge in [-0.25, -0.2) is 9.37 Å². The molecular formula is C24H28BrFN4O2. The van der Waals surface area contributed by atoms with E-state index in [9.17, 15) is 4.79 Å². The van der Waals surface area contributed by atoms with Gasteiger partial charge in [0.25, 0.3) is 5.56 Å². The van der Waals surface area contributed by atoms with E-state index in [0.29, 0.717) is 47.8 Å². The van der Waals surface area contributed by atoms with Crippen molar-refractivity contribution in [1.82, 2.24) is 9.97 Å². The lowest BCUT2D eigenvalue weighted by atomic mass is 10.0. The van der Waals surface area contributed by atoms with Crippen LogP contribution in [0.5, 0.6) is 0 Å². The van der Waals surface area contributed by atoms with Gasteiger partial charge < -0.3 is 19.9 Å². The lowest BCUT2D eigenvalue weighted by Crippen LogP contribution is -2.40. The number of H-pyrrole nitrogens is 1. The van der Waals surface area contributed by atoms with Crippen LogP contribution in [0.2, 0.25) is 0 Å². The van der Waals surface area contributed by atoms with Crippen LogP contribution in [0.1, 0.15) is 36.6 Å². The zero-order valence-corrected chi connectivity index (χ0v) is 20.2. The molecule has 0 amide bonds. The first-order chi connectivity index (χ1) is 15.4. The fourth-order valence-corrected chi connectivity index (χ4v) is 4.95. The first-order valence-electron chi connectivity index (χ1n) is 10.9. The molecule has 0 saturated carbocycles. The van der Waals surface area contributed by atoms with Crippen molar-refractivity contribution in [3.05, 3.63) is 61.9 Å². The summed E-state index contributed by atoms with van der Waals surface area (Å²) in [7, 11) is 0. The fraction of sp³-hybridized carbons (Fsp3) is 0.417. The number of aromatic amines is 1. The zero-order chi connectivity index (χ0) is 22.8. The number of hydrogen-bond donors (Lipinski definition) is 2. The molecule has 170 valence electrons. The summed E-state index contributed by atoms with van der Waals surface area (Å²) < 4.78 is 21.4. The van der Waals surface area contributed by atoms with Crippen LogP contribution in [0.4, 0.5) is 15.9 Å². The summed E-state index contributed by atoms with van der Waals surface area (Å²) >= 11 is 3.41. The van der Waals surface area contributed by atoms with Gasteiger partial charge in [0, 0.05) is 60.6 Å². The second kappa shape index (κ2) is 9.58. The third kappa shape index (κ3) is 4.38. The molecule has 3 heterocycles. The Hall–Kier alpha value is -2.45. The van der Waals surface area contributed by atoms with E-state index in [-0.39, 0.29) is 17.4 Å². The summed E-state index contributed by atoms with van der Waals surface area (Å²) in [6.07, 6.45) is 3.42. The van der Waals surface area contributed by atoms with E-state index in [4.69, 9.17) is 4.74 Å². The second-order valence-electron chi connectivity index (χ2n) is 8.20. The average molecular weight is 503 g/mol. The molecule has 8 heteroatoms. The van der Waals surface area contributed by atoms with Crippen LogP contribution < -0.4 is 15.8 Å². The van der Waals surface area contributed by atoms with Gasteiger partial charge in [0.1, 0.15) is 5.82 Å². The van der Waals surface area contributed by atoms with Gasteiger partial charge in [0.05, 0.1) is 10.2 Å². The van der Waals surface area contributed by atoms with Gasteiger partial charge in [0.2, 0.25) is 0 Å². The molecule has 2 aromatic heterocycles. The monoisotopic (exact) mass is 502 g/mol. The molecule has 6 nitrogen and oxygen atoms in total. The maximum atomic E-state index is 15.4. The van der Waals surface area contributed by atoms with Gasteiger partial charge in [-0.3, -0.25) is 4.79 Å². The van der Waals surface area contributed by atoms with Gasteiger partial charge >= 0.3 is 0 Å². The summed E-state index contributed by atoms with van der Waals surface area (Å²) in [6.45, 7) is 8.23. The highest BCUT2D eigenvalue weighted by molar-refractivity contribution is 9.10. The van der Waals surface area contributed by atoms with Crippen LogP contribution in [-0.4, -0.2) is 35.8 Å². The van der Waals surface area contributed by atoms with Gasteiger partial charge in [-0.15, -0.1) is 0 Å². The molecule has 0 atom stereocenters. The molecule has 1 aliphatic rings. The summed E-state index contributed by atoms with van der Waals surface area (Å²) in [5.74, 6) is 0.348. The Morgan fingerprint density at radius 2 is 2.03 bits per heavy atom. The number of pyridine rings is 2. The lowest BCUT2D eigenvalue weighted by molar-refractivity contribution is 0.0845. The largest absolute Gasteiger partial charge is 0.381 e. The van der Waals surface area contributed by atoms with E-state index < -0.39 is 0 Å². The number of nitrogens with zero attached hydrogens (tertiary/aromatic N) is 2. The minimum absolute atomic E-state index is 0.111. The molecule has 0 unspecified atom stereocenters. The summed E-state index contributed by atoms with van der Waals surface area (Å²) in [5, 5.41) is 4.91. The molecular weight excluding hydrogens is 475 g/mol. The topological polar surface area (TPSA) is 70.2 Å². The van der Waals surface area contributed by atoms with E-state index in [1.807, 2.05) is 26.0 Å². The molecule has 4 rings (SSSR count). The summed E-state index contributed by atoms with van der Waals surface area (Å²) in [5.41, 5.74) is 2.88. The van der Waals surface area contributed by atoms with Crippen LogP contribution in [0.25, 0.3) is 10.8 Å². The van der Waals surface area contributed by atoms with Crippen molar-refractivity contribution < 1.29 is 9.13 Å². The number of aryl methyl sites for hydroxylation is 2. The smallest absolute Gasteiger partial charge is 0.253 e. The molecule has 0 aliphatic carbocycles. The van der Waals surface area contributed by atoms with Gasteiger partial charge in [-0.2, -0.15) is 0 Å². The molecule has 1 aromatic carbocycles. The minimum atomic E-state index is -0.270. The van der Waals surface area contributed by atoms with Crippen LogP contribution in [0, 0.1) is 19.7 Å². The number of benzene rings is 1. The van der Waals surface area contributed by atoms with Gasteiger partial charge in [-0.05, 0) is 73.3 Å². The molecule has 0 radical (unpaired) electrons. The van der Waals surface area contributed by atoms with Crippen LogP contribution in [0.3, 0.4) is 0 Å². The third-order valence-electron chi connectivity index (χ3n) is 6.12. The molecule has 1 fully saturated rings. The zero-order valence-electron chi connectivity index (χ0n) is 18.6. The van der Waals surface area contributed by atoms with Crippen LogP contribution in [-0.2, 0) is 11.3 Å². The van der Waals surface area contributed by atoms with Crippen molar-refractivity contribution in [1.29, 1.82) is 0 Å². The van der Waals surface area contributed by atoms with Crippen molar-refractivity contribution >= 4 is 38.2 Å². The number of hydrogen-bond acceptors (Lipinski definition) is 5. The number of rotatable bonds is 6. The van der Waals surface area contributed by atoms with E-state index in [1.165, 1.54) is 0 Å². The van der Waals surface area contributed by atoms with Crippen LogP contribution >= 0.6 is 15.9 Å². The Morgan fingerprint density at radius 3 is 2.72 bits per heavy atom. The number of aromatic nitrogens is 2. The number of nitrogens with one attached hydrogen (secondary N) is 2. The first kappa shape index (κ1) is 22.7. The van der Waals surface area contributed by atoms with Crippen molar-refractivity contribution in [2.24, 2.45) is 0 Å². The molecule has 1 aliphatic heterocycles. The normalized spacial score (nSPS) is 14.7. The lowest BCUT2D eigenvalue weighted by Gasteiger charge is -2.36. The van der Waals surface area contributed by atoms with E-state index in [0.717, 1.165) is 34.9 Å². The molecule has 0 spiro atoms. The number of fused-ring (bicyclic) bond motifs is 1. The minimum Gasteiger partial charge on any atom is -0.381 e. The first-order valence-corrected chi connectivity index (χ1v) is 11.7. The quantitative estimate of drug-likeness (QED) is 0.492.